The highest BCUT2D eigenvalue weighted by Crippen LogP contribution is 2.26. The minimum Gasteiger partial charge on any atom is -0.352 e. The second-order valence-electron chi connectivity index (χ2n) is 7.73. The van der Waals surface area contributed by atoms with Gasteiger partial charge in [0.25, 0.3) is 5.56 Å². The fourth-order valence-corrected chi connectivity index (χ4v) is 4.01. The number of nitrogens with one attached hydrogen (secondary N) is 1. The summed E-state index contributed by atoms with van der Waals surface area (Å²) < 4.78 is 1.71. The Morgan fingerprint density at radius 2 is 1.71 bits per heavy atom. The van der Waals surface area contributed by atoms with E-state index >= 15 is 0 Å². The Hall–Kier alpha value is -2.61. The van der Waals surface area contributed by atoms with Crippen molar-refractivity contribution < 1.29 is 0 Å². The lowest BCUT2D eigenvalue weighted by molar-refractivity contribution is 0.486. The van der Waals surface area contributed by atoms with Crippen LogP contribution in [0.25, 0.3) is 0 Å². The number of guanidine groups is 1. The number of aliphatic imine (C=N–C) groups is 1. The van der Waals surface area contributed by atoms with Gasteiger partial charge in [0.1, 0.15) is 0 Å². The lowest BCUT2D eigenvalue weighted by atomic mass is 9.99. The molecule has 0 aliphatic carbocycles. The summed E-state index contributed by atoms with van der Waals surface area (Å²) in [5.74, 6) is 1.51. The largest absolute Gasteiger partial charge is 0.352 e. The molecule has 1 atom stereocenters. The summed E-state index contributed by atoms with van der Waals surface area (Å²) >= 11 is 0. The monoisotopic (exact) mass is 528 g/mol. The van der Waals surface area contributed by atoms with E-state index in [0.29, 0.717) is 12.5 Å². The molecule has 1 unspecified atom stereocenters. The first kappa shape index (κ1) is 23.1. The molecule has 2 heterocycles. The van der Waals surface area contributed by atoms with Crippen LogP contribution in [0, 0.1) is 0 Å². The van der Waals surface area contributed by atoms with Crippen LogP contribution in [0.15, 0.2) is 88.8 Å². The van der Waals surface area contributed by atoms with Crippen LogP contribution >= 0.6 is 24.0 Å². The second kappa shape index (κ2) is 11.1. The van der Waals surface area contributed by atoms with Gasteiger partial charge >= 0.3 is 0 Å². The molecule has 1 fully saturated rings. The van der Waals surface area contributed by atoms with Crippen molar-refractivity contribution in [2.75, 3.05) is 20.1 Å². The molecular formula is C25H29IN4O. The van der Waals surface area contributed by atoms with Crippen LogP contribution in [-0.2, 0) is 13.1 Å². The quantitative estimate of drug-likeness (QED) is 0.309. The first-order valence-electron chi connectivity index (χ1n) is 10.5. The van der Waals surface area contributed by atoms with E-state index in [1.54, 1.807) is 16.7 Å². The van der Waals surface area contributed by atoms with Gasteiger partial charge in [0.2, 0.25) is 0 Å². The molecule has 1 aliphatic heterocycles. The SMILES string of the molecule is CN=C(NCc1ccc(Cn2ccccc2=O)cc1)N1CCC(c2ccccc2)C1.I. The Kier molecular flexibility index (Phi) is 8.28. The van der Waals surface area contributed by atoms with Crippen molar-refractivity contribution in [1.29, 1.82) is 0 Å². The molecule has 31 heavy (non-hydrogen) atoms. The molecule has 1 saturated heterocycles. The average molecular weight is 528 g/mol. The van der Waals surface area contributed by atoms with Crippen molar-refractivity contribution in [2.24, 2.45) is 4.99 Å². The third-order valence-corrected chi connectivity index (χ3v) is 5.70. The molecule has 1 N–H and O–H groups in total. The predicted octanol–water partition coefficient (Wildman–Crippen LogP) is 4.08. The summed E-state index contributed by atoms with van der Waals surface area (Å²) in [5.41, 5.74) is 3.73. The highest BCUT2D eigenvalue weighted by molar-refractivity contribution is 14.0. The molecule has 4 rings (SSSR count). The standard InChI is InChI=1S/C25H28N4O.HI/c1-26-25(29-16-14-23(19-29)22-7-3-2-4-8-22)27-17-20-10-12-21(13-11-20)18-28-15-6-5-9-24(28)30;/h2-13,15,23H,14,16-19H2,1H3,(H,26,27);1H. The molecule has 162 valence electrons. The molecule has 0 saturated carbocycles. The molecule has 0 radical (unpaired) electrons. The number of hydrogen-bond donors (Lipinski definition) is 1. The number of rotatable bonds is 5. The van der Waals surface area contributed by atoms with Crippen LogP contribution in [0.2, 0.25) is 0 Å². The normalized spacial score (nSPS) is 16.1. The van der Waals surface area contributed by atoms with Crippen molar-refractivity contribution in [3.05, 3.63) is 106 Å². The molecule has 0 spiro atoms. The van der Waals surface area contributed by atoms with E-state index < -0.39 is 0 Å². The maximum absolute atomic E-state index is 11.9. The number of hydrogen-bond acceptors (Lipinski definition) is 2. The van der Waals surface area contributed by atoms with Gasteiger partial charge in [0, 0.05) is 44.9 Å². The van der Waals surface area contributed by atoms with E-state index in [9.17, 15) is 4.79 Å². The fraction of sp³-hybridized carbons (Fsp3) is 0.280. The number of pyridine rings is 1. The predicted molar refractivity (Wildman–Crippen MR) is 137 cm³/mol. The zero-order chi connectivity index (χ0) is 20.8. The molecule has 0 amide bonds. The summed E-state index contributed by atoms with van der Waals surface area (Å²) in [5, 5.41) is 3.50. The van der Waals surface area contributed by atoms with Crippen LogP contribution in [0.5, 0.6) is 0 Å². The van der Waals surface area contributed by atoms with E-state index in [1.807, 2.05) is 19.3 Å². The average Bonchev–Trinajstić information content (AvgIpc) is 3.28. The zero-order valence-corrected chi connectivity index (χ0v) is 20.1. The van der Waals surface area contributed by atoms with Crippen LogP contribution in [-0.4, -0.2) is 35.6 Å². The summed E-state index contributed by atoms with van der Waals surface area (Å²) in [6.45, 7) is 3.33. The van der Waals surface area contributed by atoms with Crippen LogP contribution in [0.4, 0.5) is 0 Å². The number of halogens is 1. The third kappa shape index (κ3) is 5.97. The second-order valence-corrected chi connectivity index (χ2v) is 7.73. The van der Waals surface area contributed by atoms with Gasteiger partial charge in [-0.05, 0) is 29.2 Å². The Bertz CT molecular complexity index is 1050. The van der Waals surface area contributed by atoms with E-state index in [4.69, 9.17) is 0 Å². The Balaban J connectivity index is 0.00000272. The van der Waals surface area contributed by atoms with Crippen LogP contribution in [0.3, 0.4) is 0 Å². The Morgan fingerprint density at radius 1 is 1.00 bits per heavy atom. The highest BCUT2D eigenvalue weighted by atomic mass is 127. The first-order valence-corrected chi connectivity index (χ1v) is 10.5. The fourth-order valence-electron chi connectivity index (χ4n) is 4.01. The molecule has 5 nitrogen and oxygen atoms in total. The highest BCUT2D eigenvalue weighted by Gasteiger charge is 2.25. The lowest BCUT2D eigenvalue weighted by Crippen LogP contribution is -2.39. The summed E-state index contributed by atoms with van der Waals surface area (Å²) in [4.78, 5) is 18.7. The Morgan fingerprint density at radius 3 is 2.42 bits per heavy atom. The molecule has 1 aromatic heterocycles. The van der Waals surface area contributed by atoms with Crippen LogP contribution in [0.1, 0.15) is 29.0 Å². The minimum absolute atomic E-state index is 0. The molecule has 0 bridgehead atoms. The number of likely N-dealkylation sites (tertiary alicyclic amines) is 1. The maximum atomic E-state index is 11.9. The van der Waals surface area contributed by atoms with E-state index in [1.165, 1.54) is 11.1 Å². The van der Waals surface area contributed by atoms with E-state index in [-0.39, 0.29) is 29.5 Å². The van der Waals surface area contributed by atoms with Gasteiger partial charge in [0.15, 0.2) is 5.96 Å². The van der Waals surface area contributed by atoms with Gasteiger partial charge in [0.05, 0.1) is 6.54 Å². The molecule has 2 aromatic carbocycles. The van der Waals surface area contributed by atoms with Crippen molar-refractivity contribution in [1.82, 2.24) is 14.8 Å². The molecular weight excluding hydrogens is 499 g/mol. The number of nitrogens with zero attached hydrogens (tertiary/aromatic N) is 3. The number of benzene rings is 2. The van der Waals surface area contributed by atoms with Crippen molar-refractivity contribution in [3.63, 3.8) is 0 Å². The van der Waals surface area contributed by atoms with Gasteiger partial charge < -0.3 is 14.8 Å². The number of aromatic nitrogens is 1. The topological polar surface area (TPSA) is 49.6 Å². The van der Waals surface area contributed by atoms with Gasteiger partial charge in [-0.25, -0.2) is 0 Å². The van der Waals surface area contributed by atoms with E-state index in [2.05, 4.69) is 69.8 Å². The smallest absolute Gasteiger partial charge is 0.250 e. The van der Waals surface area contributed by atoms with E-state index in [0.717, 1.165) is 37.6 Å². The van der Waals surface area contributed by atoms with Gasteiger partial charge in [-0.3, -0.25) is 9.79 Å². The van der Waals surface area contributed by atoms with Crippen LogP contribution < -0.4 is 10.9 Å². The van der Waals surface area contributed by atoms with Crippen molar-refractivity contribution in [3.8, 4) is 0 Å². The van der Waals surface area contributed by atoms with Gasteiger partial charge in [-0.15, -0.1) is 24.0 Å². The van der Waals surface area contributed by atoms with Crippen molar-refractivity contribution in [2.45, 2.75) is 25.4 Å². The lowest BCUT2D eigenvalue weighted by Gasteiger charge is -2.22. The first-order chi connectivity index (χ1) is 14.7. The van der Waals surface area contributed by atoms with Crippen molar-refractivity contribution >= 4 is 29.9 Å². The molecule has 6 heteroatoms. The Labute approximate surface area is 200 Å². The van der Waals surface area contributed by atoms with Gasteiger partial charge in [-0.2, -0.15) is 0 Å². The summed E-state index contributed by atoms with van der Waals surface area (Å²) in [7, 11) is 1.85. The molecule has 1 aliphatic rings. The summed E-state index contributed by atoms with van der Waals surface area (Å²) in [6.07, 6.45) is 2.97. The third-order valence-electron chi connectivity index (χ3n) is 5.70. The molecule has 3 aromatic rings. The minimum atomic E-state index is 0. The van der Waals surface area contributed by atoms with Gasteiger partial charge in [-0.1, -0.05) is 60.7 Å². The zero-order valence-electron chi connectivity index (χ0n) is 17.8. The summed E-state index contributed by atoms with van der Waals surface area (Å²) in [6, 6.07) is 24.4. The maximum Gasteiger partial charge on any atom is 0.250 e.